The van der Waals surface area contributed by atoms with Crippen LogP contribution < -0.4 is 5.32 Å². The van der Waals surface area contributed by atoms with Gasteiger partial charge in [0, 0.05) is 12.1 Å². The molecule has 0 fully saturated rings. The first-order valence-corrected chi connectivity index (χ1v) is 5.05. The highest BCUT2D eigenvalue weighted by molar-refractivity contribution is 5.58. The van der Waals surface area contributed by atoms with Crippen LogP contribution in [0, 0.1) is 0 Å². The summed E-state index contributed by atoms with van der Waals surface area (Å²) in [4.78, 5) is 0. The number of rotatable bonds is 0. The van der Waals surface area contributed by atoms with Crippen molar-refractivity contribution in [3.63, 3.8) is 0 Å². The lowest BCUT2D eigenvalue weighted by Crippen LogP contribution is -2.13. The molecule has 0 radical (unpaired) electrons. The van der Waals surface area contributed by atoms with E-state index in [0.717, 1.165) is 12.1 Å². The SMILES string of the molecule is CC(C)(C)c1ccc2c(c1)NC(O)C2. The normalized spacial score (nSPS) is 20.4. The van der Waals surface area contributed by atoms with E-state index in [1.165, 1.54) is 11.1 Å². The van der Waals surface area contributed by atoms with Crippen molar-refractivity contribution >= 4 is 5.69 Å². The smallest absolute Gasteiger partial charge is 0.128 e. The van der Waals surface area contributed by atoms with Crippen LogP contribution in [0.2, 0.25) is 0 Å². The summed E-state index contributed by atoms with van der Waals surface area (Å²) in [6, 6.07) is 6.41. The second kappa shape index (κ2) is 2.99. The van der Waals surface area contributed by atoms with Gasteiger partial charge in [-0.1, -0.05) is 32.9 Å². The molecule has 1 aromatic rings. The summed E-state index contributed by atoms with van der Waals surface area (Å²) in [6.07, 6.45) is 0.319. The Morgan fingerprint density at radius 2 is 2.07 bits per heavy atom. The van der Waals surface area contributed by atoms with E-state index in [1.807, 2.05) is 0 Å². The Balaban J connectivity index is 2.38. The van der Waals surface area contributed by atoms with Gasteiger partial charge in [-0.15, -0.1) is 0 Å². The number of anilines is 1. The topological polar surface area (TPSA) is 32.3 Å². The standard InChI is InChI=1S/C12H17NO/c1-12(2,3)9-5-4-8-6-11(14)13-10(8)7-9/h4-5,7,11,13-14H,6H2,1-3H3. The lowest BCUT2D eigenvalue weighted by atomic mass is 9.86. The second-order valence-electron chi connectivity index (χ2n) is 4.99. The van der Waals surface area contributed by atoms with Crippen LogP contribution >= 0.6 is 0 Å². The number of nitrogens with one attached hydrogen (secondary N) is 1. The Morgan fingerprint density at radius 1 is 1.36 bits per heavy atom. The summed E-state index contributed by atoms with van der Waals surface area (Å²) in [5.74, 6) is 0. The molecule has 0 spiro atoms. The highest BCUT2D eigenvalue weighted by Crippen LogP contribution is 2.31. The van der Waals surface area contributed by atoms with Gasteiger partial charge in [-0.25, -0.2) is 0 Å². The number of aliphatic hydroxyl groups is 1. The summed E-state index contributed by atoms with van der Waals surface area (Å²) in [7, 11) is 0. The van der Waals surface area contributed by atoms with Gasteiger partial charge >= 0.3 is 0 Å². The maximum atomic E-state index is 9.43. The van der Waals surface area contributed by atoms with Crippen LogP contribution in [0.4, 0.5) is 5.69 Å². The molecule has 0 saturated carbocycles. The van der Waals surface area contributed by atoms with E-state index in [0.29, 0.717) is 0 Å². The fourth-order valence-corrected chi connectivity index (χ4v) is 1.79. The fraction of sp³-hybridized carbons (Fsp3) is 0.500. The van der Waals surface area contributed by atoms with Crippen LogP contribution in [0.3, 0.4) is 0 Å². The molecule has 1 aliphatic heterocycles. The number of benzene rings is 1. The number of hydrogen-bond acceptors (Lipinski definition) is 2. The van der Waals surface area contributed by atoms with Gasteiger partial charge in [0.1, 0.15) is 6.23 Å². The third-order valence-electron chi connectivity index (χ3n) is 2.71. The first kappa shape index (κ1) is 9.53. The molecule has 0 amide bonds. The van der Waals surface area contributed by atoms with Crippen LogP contribution in [-0.2, 0) is 11.8 Å². The predicted octanol–water partition coefficient (Wildman–Crippen LogP) is 2.27. The van der Waals surface area contributed by atoms with Crippen molar-refractivity contribution in [2.75, 3.05) is 5.32 Å². The molecule has 2 rings (SSSR count). The van der Waals surface area contributed by atoms with E-state index in [1.54, 1.807) is 0 Å². The molecule has 76 valence electrons. The van der Waals surface area contributed by atoms with E-state index in [2.05, 4.69) is 44.3 Å². The highest BCUT2D eigenvalue weighted by atomic mass is 16.3. The maximum Gasteiger partial charge on any atom is 0.128 e. The zero-order valence-corrected chi connectivity index (χ0v) is 8.96. The van der Waals surface area contributed by atoms with Crippen molar-refractivity contribution in [3.05, 3.63) is 29.3 Å². The van der Waals surface area contributed by atoms with Crippen LogP contribution in [0.15, 0.2) is 18.2 Å². The van der Waals surface area contributed by atoms with Gasteiger partial charge in [0.05, 0.1) is 0 Å². The molecular formula is C12H17NO. The first-order chi connectivity index (χ1) is 6.47. The summed E-state index contributed by atoms with van der Waals surface area (Å²) in [5.41, 5.74) is 3.78. The van der Waals surface area contributed by atoms with Crippen molar-refractivity contribution in [1.82, 2.24) is 0 Å². The molecule has 14 heavy (non-hydrogen) atoms. The molecule has 2 N–H and O–H groups in total. The van der Waals surface area contributed by atoms with Crippen molar-refractivity contribution in [2.24, 2.45) is 0 Å². The Kier molecular flexibility index (Phi) is 2.04. The van der Waals surface area contributed by atoms with Gasteiger partial charge in [-0.2, -0.15) is 0 Å². The van der Waals surface area contributed by atoms with Gasteiger partial charge in [0.25, 0.3) is 0 Å². The van der Waals surface area contributed by atoms with Crippen LogP contribution in [0.1, 0.15) is 31.9 Å². The molecule has 1 aliphatic rings. The lowest BCUT2D eigenvalue weighted by molar-refractivity contribution is 0.212. The molecule has 2 nitrogen and oxygen atoms in total. The number of fused-ring (bicyclic) bond motifs is 1. The Labute approximate surface area is 85.0 Å². The second-order valence-corrected chi connectivity index (χ2v) is 4.99. The summed E-state index contributed by atoms with van der Waals surface area (Å²) < 4.78 is 0. The fourth-order valence-electron chi connectivity index (χ4n) is 1.79. The van der Waals surface area contributed by atoms with Crippen molar-refractivity contribution < 1.29 is 5.11 Å². The predicted molar refractivity (Wildman–Crippen MR) is 58.5 cm³/mol. The third-order valence-corrected chi connectivity index (χ3v) is 2.71. The Bertz CT molecular complexity index is 352. The van der Waals surface area contributed by atoms with Gasteiger partial charge in [0.15, 0.2) is 0 Å². The molecule has 2 heteroatoms. The summed E-state index contributed by atoms with van der Waals surface area (Å²) >= 11 is 0. The molecule has 1 aromatic carbocycles. The Morgan fingerprint density at radius 3 is 2.71 bits per heavy atom. The molecule has 0 aromatic heterocycles. The summed E-state index contributed by atoms with van der Waals surface area (Å²) in [6.45, 7) is 6.58. The summed E-state index contributed by atoms with van der Waals surface area (Å²) in [5, 5.41) is 12.5. The highest BCUT2D eigenvalue weighted by Gasteiger charge is 2.21. The van der Waals surface area contributed by atoms with Crippen LogP contribution in [0.5, 0.6) is 0 Å². The quantitative estimate of drug-likeness (QED) is 0.659. The van der Waals surface area contributed by atoms with E-state index in [4.69, 9.17) is 0 Å². The van der Waals surface area contributed by atoms with E-state index < -0.39 is 6.23 Å². The van der Waals surface area contributed by atoms with Gasteiger partial charge in [-0.3, -0.25) is 0 Å². The van der Waals surface area contributed by atoms with Crippen molar-refractivity contribution in [2.45, 2.75) is 38.8 Å². The van der Waals surface area contributed by atoms with Crippen LogP contribution in [-0.4, -0.2) is 11.3 Å². The van der Waals surface area contributed by atoms with Crippen molar-refractivity contribution in [1.29, 1.82) is 0 Å². The monoisotopic (exact) mass is 191 g/mol. The minimum absolute atomic E-state index is 0.171. The molecule has 1 unspecified atom stereocenters. The molecule has 0 bridgehead atoms. The van der Waals surface area contributed by atoms with Gasteiger partial charge in [-0.05, 0) is 22.6 Å². The minimum atomic E-state index is -0.403. The Hall–Kier alpha value is -1.02. The van der Waals surface area contributed by atoms with E-state index in [-0.39, 0.29) is 5.41 Å². The average Bonchev–Trinajstić information content (AvgIpc) is 2.41. The maximum absolute atomic E-state index is 9.43. The van der Waals surface area contributed by atoms with Gasteiger partial charge in [0.2, 0.25) is 0 Å². The molecule has 1 heterocycles. The largest absolute Gasteiger partial charge is 0.373 e. The van der Waals surface area contributed by atoms with Crippen LogP contribution in [0.25, 0.3) is 0 Å². The van der Waals surface area contributed by atoms with Gasteiger partial charge < -0.3 is 10.4 Å². The molecule has 0 aliphatic carbocycles. The lowest BCUT2D eigenvalue weighted by Gasteiger charge is -2.19. The zero-order valence-electron chi connectivity index (χ0n) is 8.96. The third kappa shape index (κ3) is 1.62. The van der Waals surface area contributed by atoms with Crippen molar-refractivity contribution in [3.8, 4) is 0 Å². The molecule has 0 saturated heterocycles. The first-order valence-electron chi connectivity index (χ1n) is 5.05. The minimum Gasteiger partial charge on any atom is -0.373 e. The number of aliphatic hydroxyl groups excluding tert-OH is 1. The zero-order chi connectivity index (χ0) is 10.3. The average molecular weight is 191 g/mol. The van der Waals surface area contributed by atoms with E-state index in [9.17, 15) is 5.11 Å². The molecule has 1 atom stereocenters. The number of hydrogen-bond donors (Lipinski definition) is 2. The molecular weight excluding hydrogens is 174 g/mol. The van der Waals surface area contributed by atoms with E-state index >= 15 is 0 Å².